The van der Waals surface area contributed by atoms with Gasteiger partial charge in [-0.3, -0.25) is 0 Å². The van der Waals surface area contributed by atoms with E-state index in [0.717, 1.165) is 12.1 Å². The molecule has 0 amide bonds. The molecule has 1 N–H and O–H groups in total. The van der Waals surface area contributed by atoms with Crippen molar-refractivity contribution in [3.8, 4) is 0 Å². The minimum Gasteiger partial charge on any atom is -0.385 e. The van der Waals surface area contributed by atoms with E-state index in [0.29, 0.717) is 0 Å². The highest BCUT2D eigenvalue weighted by Gasteiger charge is 1.92. The third-order valence-corrected chi connectivity index (χ3v) is 1.90. The van der Waals surface area contributed by atoms with Gasteiger partial charge in [0.2, 0.25) is 0 Å². The first-order valence-electron chi connectivity index (χ1n) is 4.08. The number of nitrogens with one attached hydrogen (secondary N) is 1. The highest BCUT2D eigenvalue weighted by molar-refractivity contribution is 6.11. The number of rotatable bonds is 3. The number of hydrogen-bond donors (Lipinski definition) is 1. The van der Waals surface area contributed by atoms with Crippen LogP contribution in [0.15, 0.2) is 30.3 Å². The first-order valence-corrected chi connectivity index (χ1v) is 5.23. The van der Waals surface area contributed by atoms with E-state index < -0.39 is 0 Å². The maximum absolute atomic E-state index is 3.38. The zero-order valence-electron chi connectivity index (χ0n) is 7.17. The Hall–Kier alpha value is -0.763. The highest BCUT2D eigenvalue weighted by atomic mass is 28.1. The predicted octanol–water partition coefficient (Wildman–Crippen LogP) is 1.27. The fraction of sp³-hybridized carbons (Fsp3) is 0.333. The Morgan fingerprint density at radius 3 is 2.55 bits per heavy atom. The number of anilines is 1. The molecule has 0 bridgehead atoms. The smallest absolute Gasteiger partial charge is 0.0340 e. The summed E-state index contributed by atoms with van der Waals surface area (Å²) < 4.78 is 0. The molecule has 1 aromatic carbocycles. The van der Waals surface area contributed by atoms with Gasteiger partial charge in [-0.1, -0.05) is 25.1 Å². The zero-order chi connectivity index (χ0) is 8.10. The fourth-order valence-electron chi connectivity index (χ4n) is 0.878. The maximum Gasteiger partial charge on any atom is 0.0340 e. The summed E-state index contributed by atoms with van der Waals surface area (Å²) in [7, 11) is 1.27. The van der Waals surface area contributed by atoms with E-state index >= 15 is 0 Å². The molecule has 0 fully saturated rings. The predicted molar refractivity (Wildman–Crippen MR) is 54.3 cm³/mol. The number of hydrogen-bond acceptors (Lipinski definition) is 1. The Morgan fingerprint density at radius 2 is 2.00 bits per heavy atom. The van der Waals surface area contributed by atoms with Crippen molar-refractivity contribution < 1.29 is 0 Å². The Balaban J connectivity index is 2.39. The first-order chi connectivity index (χ1) is 5.29. The Kier molecular flexibility index (Phi) is 3.17. The maximum atomic E-state index is 3.38. The van der Waals surface area contributed by atoms with Gasteiger partial charge in [-0.05, 0) is 17.7 Å². The molecule has 0 aliphatic rings. The summed E-state index contributed by atoms with van der Waals surface area (Å²) in [5.41, 5.74) is 2.07. The van der Waals surface area contributed by atoms with Gasteiger partial charge in [0.05, 0.1) is 0 Å². The second-order valence-electron chi connectivity index (χ2n) is 3.14. The van der Waals surface area contributed by atoms with Crippen LogP contribution in [0.2, 0.25) is 5.54 Å². The van der Waals surface area contributed by atoms with Crippen LogP contribution in [0.25, 0.3) is 0 Å². The molecule has 60 valence electrons. The third kappa shape index (κ3) is 3.23. The average molecular weight is 165 g/mol. The number of benzene rings is 1. The summed E-state index contributed by atoms with van der Waals surface area (Å²) >= 11 is 0. The van der Waals surface area contributed by atoms with E-state index in [2.05, 4.69) is 36.5 Å². The third-order valence-electron chi connectivity index (χ3n) is 1.49. The average Bonchev–Trinajstić information content (AvgIpc) is 2.03. The van der Waals surface area contributed by atoms with Gasteiger partial charge in [0.15, 0.2) is 0 Å². The largest absolute Gasteiger partial charge is 0.385 e. The molecule has 1 nitrogen and oxygen atoms in total. The lowest BCUT2D eigenvalue weighted by Gasteiger charge is -2.07. The van der Waals surface area contributed by atoms with Crippen molar-refractivity contribution in [1.82, 2.24) is 0 Å². The van der Waals surface area contributed by atoms with Crippen molar-refractivity contribution in [2.45, 2.75) is 12.5 Å². The van der Waals surface area contributed by atoms with Crippen LogP contribution < -0.4 is 5.32 Å². The van der Waals surface area contributed by atoms with Crippen LogP contribution in [0.4, 0.5) is 5.69 Å². The zero-order valence-corrected chi connectivity index (χ0v) is 9.17. The van der Waals surface area contributed by atoms with Crippen LogP contribution in [-0.4, -0.2) is 16.8 Å². The lowest BCUT2D eigenvalue weighted by Crippen LogP contribution is -2.05. The van der Waals surface area contributed by atoms with Gasteiger partial charge in [-0.15, -0.1) is 0 Å². The molecule has 0 aliphatic carbocycles. The van der Waals surface area contributed by atoms with E-state index in [1.54, 1.807) is 0 Å². The second kappa shape index (κ2) is 4.19. The molecular formula is C9H15NSi. The van der Waals surface area contributed by atoms with Crippen molar-refractivity contribution in [2.75, 3.05) is 11.9 Å². The van der Waals surface area contributed by atoms with Crippen molar-refractivity contribution in [2.24, 2.45) is 0 Å². The van der Waals surface area contributed by atoms with Crippen LogP contribution in [-0.2, 0) is 0 Å². The summed E-state index contributed by atoms with van der Waals surface area (Å²) in [6, 6.07) is 10.4. The molecule has 1 unspecified atom stereocenters. The topological polar surface area (TPSA) is 12.0 Å². The molecule has 0 saturated heterocycles. The monoisotopic (exact) mass is 165 g/mol. The van der Waals surface area contributed by atoms with E-state index in [9.17, 15) is 0 Å². The van der Waals surface area contributed by atoms with Crippen LogP contribution in [0.3, 0.4) is 0 Å². The Labute approximate surface area is 71.2 Å². The van der Waals surface area contributed by atoms with Gasteiger partial charge in [0.25, 0.3) is 0 Å². The van der Waals surface area contributed by atoms with Crippen LogP contribution in [0, 0.1) is 0 Å². The minimum atomic E-state index is 0.843. The molecule has 1 aromatic rings. The molecule has 1 rings (SSSR count). The van der Waals surface area contributed by atoms with Gasteiger partial charge in [0, 0.05) is 22.5 Å². The molecule has 11 heavy (non-hydrogen) atoms. The second-order valence-corrected chi connectivity index (χ2v) is 5.11. The normalized spacial score (nSPS) is 12.8. The molecule has 0 spiro atoms. The lowest BCUT2D eigenvalue weighted by atomic mass is 10.3. The molecule has 0 aliphatic heterocycles. The summed E-state index contributed by atoms with van der Waals surface area (Å²) in [5, 5.41) is 3.38. The minimum absolute atomic E-state index is 0.843. The van der Waals surface area contributed by atoms with Gasteiger partial charge in [-0.2, -0.15) is 0 Å². The summed E-state index contributed by atoms with van der Waals surface area (Å²) in [6.45, 7) is 3.37. The molecule has 0 saturated carbocycles. The van der Waals surface area contributed by atoms with Crippen molar-refractivity contribution in [3.05, 3.63) is 30.3 Å². The summed E-state index contributed by atoms with van der Waals surface area (Å²) in [5.74, 6) is 0. The molecule has 0 aromatic heterocycles. The van der Waals surface area contributed by atoms with E-state index in [-0.39, 0.29) is 0 Å². The standard InChI is InChI=1S/C9H15NSi/c1-8(11)7-10-9-5-3-2-4-6-9/h2-6,8,10H,7H2,1,11H3. The van der Waals surface area contributed by atoms with Crippen molar-refractivity contribution >= 4 is 15.9 Å². The van der Waals surface area contributed by atoms with Gasteiger partial charge >= 0.3 is 0 Å². The van der Waals surface area contributed by atoms with E-state index in [1.807, 2.05) is 6.07 Å². The lowest BCUT2D eigenvalue weighted by molar-refractivity contribution is 0.972. The molecule has 1 atom stereocenters. The van der Waals surface area contributed by atoms with E-state index in [1.165, 1.54) is 15.9 Å². The highest BCUT2D eigenvalue weighted by Crippen LogP contribution is 2.06. The quantitative estimate of drug-likeness (QED) is 0.665. The Bertz CT molecular complexity index is 196. The van der Waals surface area contributed by atoms with Crippen LogP contribution in [0.1, 0.15) is 6.92 Å². The van der Waals surface area contributed by atoms with Gasteiger partial charge < -0.3 is 5.32 Å². The molecule has 0 heterocycles. The SMILES string of the molecule is CC([SiH3])CNc1ccccc1. The molecule has 0 radical (unpaired) electrons. The van der Waals surface area contributed by atoms with Crippen molar-refractivity contribution in [1.29, 1.82) is 0 Å². The van der Waals surface area contributed by atoms with Gasteiger partial charge in [-0.25, -0.2) is 0 Å². The number of para-hydroxylation sites is 1. The van der Waals surface area contributed by atoms with Gasteiger partial charge in [0.1, 0.15) is 0 Å². The summed E-state index contributed by atoms with van der Waals surface area (Å²) in [4.78, 5) is 0. The fourth-order valence-corrected chi connectivity index (χ4v) is 1.08. The molecular weight excluding hydrogens is 150 g/mol. The summed E-state index contributed by atoms with van der Waals surface area (Å²) in [6.07, 6.45) is 0. The van der Waals surface area contributed by atoms with Crippen molar-refractivity contribution in [3.63, 3.8) is 0 Å². The van der Waals surface area contributed by atoms with Crippen LogP contribution >= 0.6 is 0 Å². The van der Waals surface area contributed by atoms with E-state index in [4.69, 9.17) is 0 Å². The molecule has 2 heteroatoms. The van der Waals surface area contributed by atoms with Crippen LogP contribution in [0.5, 0.6) is 0 Å². The Morgan fingerprint density at radius 1 is 1.36 bits per heavy atom. The first kappa shape index (κ1) is 8.33.